The van der Waals surface area contributed by atoms with Gasteiger partial charge in [0.05, 0.1) is 16.6 Å². The molecule has 1 atom stereocenters. The van der Waals surface area contributed by atoms with Gasteiger partial charge in [0, 0.05) is 22.8 Å². The summed E-state index contributed by atoms with van der Waals surface area (Å²) < 4.78 is 9.02. The van der Waals surface area contributed by atoms with Gasteiger partial charge in [-0.15, -0.1) is 0 Å². The van der Waals surface area contributed by atoms with Crippen LogP contribution in [0.5, 0.6) is 0 Å². The lowest BCUT2D eigenvalue weighted by Gasteiger charge is -2.28. The molecule has 0 radical (unpaired) electrons. The SMILES string of the molecule is Cc1nc(-c2nc3ccccc3n2C)c(C)c(-c2ccc(Br)cc2)c1[C@H](OC(C)(C)C)C(=O)O. The minimum absolute atomic E-state index is 0.560. The number of aliphatic carboxylic acids is 1. The summed E-state index contributed by atoms with van der Waals surface area (Å²) in [5, 5.41) is 10.2. The highest BCUT2D eigenvalue weighted by molar-refractivity contribution is 9.10. The summed E-state index contributed by atoms with van der Waals surface area (Å²) in [4.78, 5) is 22.2. The van der Waals surface area contributed by atoms with E-state index in [2.05, 4.69) is 15.9 Å². The minimum Gasteiger partial charge on any atom is -0.479 e. The van der Waals surface area contributed by atoms with Gasteiger partial charge >= 0.3 is 5.97 Å². The van der Waals surface area contributed by atoms with Crippen LogP contribution in [0.2, 0.25) is 0 Å². The molecule has 0 bridgehead atoms. The van der Waals surface area contributed by atoms with Crippen molar-refractivity contribution in [2.24, 2.45) is 7.05 Å². The van der Waals surface area contributed by atoms with Crippen LogP contribution in [0.3, 0.4) is 0 Å². The van der Waals surface area contributed by atoms with Gasteiger partial charge in [-0.25, -0.2) is 14.8 Å². The zero-order chi connectivity index (χ0) is 24.8. The van der Waals surface area contributed by atoms with Crippen LogP contribution in [0.25, 0.3) is 33.7 Å². The van der Waals surface area contributed by atoms with E-state index in [0.29, 0.717) is 11.3 Å². The Balaban J connectivity index is 2.05. The van der Waals surface area contributed by atoms with E-state index in [0.717, 1.165) is 43.7 Å². The van der Waals surface area contributed by atoms with E-state index in [4.69, 9.17) is 14.7 Å². The molecule has 0 aliphatic carbocycles. The van der Waals surface area contributed by atoms with Crippen LogP contribution >= 0.6 is 15.9 Å². The molecule has 2 heterocycles. The Hall–Kier alpha value is -3.03. The molecule has 0 saturated carbocycles. The van der Waals surface area contributed by atoms with Crippen molar-refractivity contribution in [3.63, 3.8) is 0 Å². The maximum Gasteiger partial charge on any atom is 0.337 e. The van der Waals surface area contributed by atoms with Crippen LogP contribution in [-0.4, -0.2) is 31.2 Å². The Morgan fingerprint density at radius 2 is 1.71 bits per heavy atom. The number of carbonyl (C=O) groups is 1. The molecular formula is C27H28BrN3O3. The summed E-state index contributed by atoms with van der Waals surface area (Å²) in [6.07, 6.45) is -1.17. The molecule has 4 rings (SSSR count). The molecule has 1 N–H and O–H groups in total. The number of para-hydroxylation sites is 2. The Kier molecular flexibility index (Phi) is 6.36. The van der Waals surface area contributed by atoms with Gasteiger partial charge in [0.2, 0.25) is 0 Å². The first kappa shape index (κ1) is 24.1. The molecule has 2 aromatic carbocycles. The van der Waals surface area contributed by atoms with Crippen molar-refractivity contribution in [1.82, 2.24) is 14.5 Å². The van der Waals surface area contributed by atoms with Gasteiger partial charge in [0.25, 0.3) is 0 Å². The van der Waals surface area contributed by atoms with Gasteiger partial charge < -0.3 is 14.4 Å². The summed E-state index contributed by atoms with van der Waals surface area (Å²) in [5.74, 6) is -0.316. The molecule has 0 spiro atoms. The van der Waals surface area contributed by atoms with Gasteiger partial charge in [-0.3, -0.25) is 0 Å². The van der Waals surface area contributed by atoms with Gasteiger partial charge in [-0.2, -0.15) is 0 Å². The summed E-state index contributed by atoms with van der Waals surface area (Å²) in [5.41, 5.74) is 5.66. The van der Waals surface area contributed by atoms with Crippen LogP contribution in [0, 0.1) is 13.8 Å². The summed E-state index contributed by atoms with van der Waals surface area (Å²) in [6.45, 7) is 9.37. The lowest BCUT2D eigenvalue weighted by molar-refractivity contribution is -0.160. The normalized spacial score (nSPS) is 12.8. The number of hydrogen-bond acceptors (Lipinski definition) is 4. The number of carboxylic acid groups (broad SMARTS) is 1. The second kappa shape index (κ2) is 8.96. The molecule has 0 amide bonds. The highest BCUT2D eigenvalue weighted by Crippen LogP contribution is 2.40. The van der Waals surface area contributed by atoms with Gasteiger partial charge in [0.15, 0.2) is 11.9 Å². The quantitative estimate of drug-likeness (QED) is 0.319. The second-order valence-corrected chi connectivity index (χ2v) is 10.3. The van der Waals surface area contributed by atoms with Crippen molar-refractivity contribution in [2.45, 2.75) is 46.3 Å². The Bertz CT molecular complexity index is 1390. The van der Waals surface area contributed by atoms with E-state index >= 15 is 0 Å². The zero-order valence-corrected chi connectivity index (χ0v) is 21.8. The molecular weight excluding hydrogens is 494 g/mol. The Morgan fingerprint density at radius 3 is 2.29 bits per heavy atom. The van der Waals surface area contributed by atoms with Crippen molar-refractivity contribution in [2.75, 3.05) is 0 Å². The first-order valence-electron chi connectivity index (χ1n) is 11.1. The molecule has 0 unspecified atom stereocenters. The van der Waals surface area contributed by atoms with Crippen LogP contribution in [0.15, 0.2) is 53.0 Å². The number of fused-ring (bicyclic) bond motifs is 1. The lowest BCUT2D eigenvalue weighted by Crippen LogP contribution is -2.28. The average molecular weight is 522 g/mol. The van der Waals surface area contributed by atoms with E-state index < -0.39 is 17.7 Å². The van der Waals surface area contributed by atoms with Crippen LogP contribution in [0.1, 0.15) is 43.7 Å². The zero-order valence-electron chi connectivity index (χ0n) is 20.2. The summed E-state index contributed by atoms with van der Waals surface area (Å²) in [7, 11) is 1.97. The maximum atomic E-state index is 12.4. The van der Waals surface area contributed by atoms with Gasteiger partial charge in [-0.05, 0) is 75.6 Å². The summed E-state index contributed by atoms with van der Waals surface area (Å²) in [6, 6.07) is 15.8. The molecule has 7 heteroatoms. The smallest absolute Gasteiger partial charge is 0.337 e. The molecule has 34 heavy (non-hydrogen) atoms. The molecule has 176 valence electrons. The maximum absolute atomic E-state index is 12.4. The molecule has 0 aliphatic heterocycles. The van der Waals surface area contributed by atoms with Crippen LogP contribution in [0.4, 0.5) is 0 Å². The van der Waals surface area contributed by atoms with Gasteiger partial charge in [0.1, 0.15) is 5.69 Å². The minimum atomic E-state index is -1.17. The van der Waals surface area contributed by atoms with Crippen molar-refractivity contribution in [3.05, 3.63) is 69.8 Å². The predicted molar refractivity (Wildman–Crippen MR) is 138 cm³/mol. The standard InChI is InChI=1S/C27H28BrN3O3/c1-15-21(17-11-13-18(28)14-12-17)22(24(26(32)33)34-27(3,4)5)16(2)29-23(15)25-30-19-9-7-8-10-20(19)31(25)6/h7-14,24H,1-6H3,(H,32,33)/t24-/m0/s1. The van der Waals surface area contributed by atoms with Crippen LogP contribution in [-0.2, 0) is 16.6 Å². The molecule has 0 saturated heterocycles. The molecule has 0 fully saturated rings. The number of aromatic nitrogens is 3. The van der Waals surface area contributed by atoms with Crippen molar-refractivity contribution in [3.8, 4) is 22.6 Å². The lowest BCUT2D eigenvalue weighted by atomic mass is 9.89. The number of ether oxygens (including phenoxy) is 1. The Morgan fingerprint density at radius 1 is 1.06 bits per heavy atom. The molecule has 6 nitrogen and oxygen atoms in total. The first-order chi connectivity index (χ1) is 16.0. The van der Waals surface area contributed by atoms with Crippen molar-refractivity contribution in [1.29, 1.82) is 0 Å². The number of hydrogen-bond donors (Lipinski definition) is 1. The van der Waals surface area contributed by atoms with Gasteiger partial charge in [-0.1, -0.05) is 40.2 Å². The van der Waals surface area contributed by atoms with E-state index in [1.807, 2.05) is 94.8 Å². The largest absolute Gasteiger partial charge is 0.479 e. The second-order valence-electron chi connectivity index (χ2n) is 9.40. The number of pyridine rings is 1. The number of nitrogens with zero attached hydrogens (tertiary/aromatic N) is 3. The molecule has 4 aromatic rings. The average Bonchev–Trinajstić information content (AvgIpc) is 3.10. The van der Waals surface area contributed by atoms with Crippen molar-refractivity contribution >= 4 is 32.9 Å². The molecule has 0 aliphatic rings. The molecule has 2 aromatic heterocycles. The van der Waals surface area contributed by atoms with E-state index in [-0.39, 0.29) is 0 Å². The van der Waals surface area contributed by atoms with E-state index in [9.17, 15) is 9.90 Å². The number of rotatable bonds is 5. The first-order valence-corrected chi connectivity index (χ1v) is 11.9. The topological polar surface area (TPSA) is 77.2 Å². The third-order valence-corrected chi connectivity index (χ3v) is 6.29. The number of imidazole rings is 1. The highest BCUT2D eigenvalue weighted by Gasteiger charge is 2.33. The number of carboxylic acids is 1. The number of aryl methyl sites for hydroxylation is 2. The van der Waals surface area contributed by atoms with Crippen molar-refractivity contribution < 1.29 is 14.6 Å². The Labute approximate surface area is 207 Å². The number of benzene rings is 2. The van der Waals surface area contributed by atoms with E-state index in [1.54, 1.807) is 0 Å². The third kappa shape index (κ3) is 4.50. The fourth-order valence-corrected chi connectivity index (χ4v) is 4.55. The predicted octanol–water partition coefficient (Wildman–Crippen LogP) is 6.62. The fraction of sp³-hybridized carbons (Fsp3) is 0.296. The fourth-order valence-electron chi connectivity index (χ4n) is 4.28. The third-order valence-electron chi connectivity index (χ3n) is 5.76. The number of halogens is 1. The highest BCUT2D eigenvalue weighted by atomic mass is 79.9. The van der Waals surface area contributed by atoms with Crippen LogP contribution < -0.4 is 0 Å². The summed E-state index contributed by atoms with van der Waals surface area (Å²) >= 11 is 3.50. The van der Waals surface area contributed by atoms with E-state index in [1.165, 1.54) is 0 Å². The monoisotopic (exact) mass is 521 g/mol.